The number of nitrogens with zero attached hydrogens (tertiary/aromatic N) is 1. The number of methoxy groups -OCH3 is 1. The molecule has 3 nitrogen and oxygen atoms in total. The zero-order valence-corrected chi connectivity index (χ0v) is 7.22. The molecule has 62 valence electrons. The predicted molar refractivity (Wildman–Crippen MR) is 47.1 cm³/mol. The maximum atomic E-state index is 8.60. The maximum absolute atomic E-state index is 8.60. The number of nitriles is 1. The number of rotatable bonds is 1. The first-order valence-corrected chi connectivity index (χ1v) is 3.60. The molecule has 0 atom stereocenters. The molecule has 0 saturated heterocycles. The highest BCUT2D eigenvalue weighted by atomic mass is 35.5. The summed E-state index contributed by atoms with van der Waals surface area (Å²) in [6.45, 7) is 0. The lowest BCUT2D eigenvalue weighted by atomic mass is 10.2. The molecule has 0 fully saturated rings. The van der Waals surface area contributed by atoms with E-state index in [0.717, 1.165) is 0 Å². The first kappa shape index (κ1) is 8.69. The van der Waals surface area contributed by atoms with E-state index in [9.17, 15) is 0 Å². The molecule has 0 amide bonds. The zero-order valence-electron chi connectivity index (χ0n) is 6.47. The maximum Gasteiger partial charge on any atom is 0.138 e. The van der Waals surface area contributed by atoms with Crippen molar-refractivity contribution in [2.24, 2.45) is 0 Å². The van der Waals surface area contributed by atoms with Crippen molar-refractivity contribution in [3.8, 4) is 11.8 Å². The van der Waals surface area contributed by atoms with Gasteiger partial charge >= 0.3 is 0 Å². The molecule has 0 heterocycles. The summed E-state index contributed by atoms with van der Waals surface area (Å²) < 4.78 is 4.90. The number of nitrogens with two attached hydrogens (primary N) is 1. The van der Waals surface area contributed by atoms with Crippen LogP contribution in [0.25, 0.3) is 0 Å². The second-order valence-electron chi connectivity index (χ2n) is 2.19. The average molecular weight is 183 g/mol. The average Bonchev–Trinajstić information content (AvgIpc) is 2.05. The molecule has 0 aliphatic carbocycles. The minimum atomic E-state index is 0.364. The van der Waals surface area contributed by atoms with Crippen molar-refractivity contribution in [1.82, 2.24) is 0 Å². The second-order valence-corrected chi connectivity index (χ2v) is 2.59. The van der Waals surface area contributed by atoms with E-state index in [2.05, 4.69) is 0 Å². The Morgan fingerprint density at radius 3 is 2.75 bits per heavy atom. The van der Waals surface area contributed by atoms with Crippen molar-refractivity contribution in [1.29, 1.82) is 5.26 Å². The van der Waals surface area contributed by atoms with E-state index in [1.165, 1.54) is 19.2 Å². The van der Waals surface area contributed by atoms with Gasteiger partial charge in [0.05, 0.1) is 23.4 Å². The second kappa shape index (κ2) is 3.33. The molecule has 0 radical (unpaired) electrons. The van der Waals surface area contributed by atoms with Gasteiger partial charge in [-0.15, -0.1) is 0 Å². The highest BCUT2D eigenvalue weighted by Gasteiger charge is 2.05. The fourth-order valence-electron chi connectivity index (χ4n) is 0.822. The molecule has 0 saturated carbocycles. The fraction of sp³-hybridized carbons (Fsp3) is 0.125. The molecular formula is C8H7ClN2O. The van der Waals surface area contributed by atoms with Gasteiger partial charge < -0.3 is 10.5 Å². The highest BCUT2D eigenvalue weighted by molar-refractivity contribution is 6.32. The van der Waals surface area contributed by atoms with Crippen molar-refractivity contribution < 1.29 is 4.74 Å². The Morgan fingerprint density at radius 1 is 1.58 bits per heavy atom. The van der Waals surface area contributed by atoms with Crippen molar-refractivity contribution in [2.45, 2.75) is 0 Å². The van der Waals surface area contributed by atoms with Crippen LogP contribution in [0.5, 0.6) is 5.75 Å². The first-order chi connectivity index (χ1) is 5.69. The van der Waals surface area contributed by atoms with Crippen molar-refractivity contribution in [3.05, 3.63) is 22.7 Å². The number of hydrogen-bond donors (Lipinski definition) is 1. The van der Waals surface area contributed by atoms with Crippen LogP contribution in [-0.4, -0.2) is 7.11 Å². The molecule has 0 spiro atoms. The normalized spacial score (nSPS) is 9.08. The molecule has 0 bridgehead atoms. The fourth-order valence-corrected chi connectivity index (χ4v) is 1.07. The summed E-state index contributed by atoms with van der Waals surface area (Å²) in [6, 6.07) is 4.94. The molecule has 0 aliphatic rings. The largest absolute Gasteiger partial charge is 0.495 e. The first-order valence-electron chi connectivity index (χ1n) is 3.22. The molecule has 1 rings (SSSR count). The minimum Gasteiger partial charge on any atom is -0.495 e. The van der Waals surface area contributed by atoms with Gasteiger partial charge in [0.25, 0.3) is 0 Å². The summed E-state index contributed by atoms with van der Waals surface area (Å²) >= 11 is 5.74. The van der Waals surface area contributed by atoms with Crippen LogP contribution in [-0.2, 0) is 0 Å². The summed E-state index contributed by atoms with van der Waals surface area (Å²) in [5, 5.41) is 9.01. The topological polar surface area (TPSA) is 59.0 Å². The van der Waals surface area contributed by atoms with Crippen LogP contribution in [0.2, 0.25) is 5.02 Å². The van der Waals surface area contributed by atoms with Crippen LogP contribution in [0.1, 0.15) is 5.56 Å². The summed E-state index contributed by atoms with van der Waals surface area (Å²) in [5.41, 5.74) is 6.23. The predicted octanol–water partition coefficient (Wildman–Crippen LogP) is 1.80. The van der Waals surface area contributed by atoms with Crippen LogP contribution in [0.15, 0.2) is 12.1 Å². The van der Waals surface area contributed by atoms with Gasteiger partial charge in [-0.25, -0.2) is 0 Å². The van der Waals surface area contributed by atoms with Crippen LogP contribution in [0.4, 0.5) is 5.69 Å². The number of ether oxygens (including phenoxy) is 1. The summed E-state index contributed by atoms with van der Waals surface area (Å²) in [5.74, 6) is 0.461. The summed E-state index contributed by atoms with van der Waals surface area (Å²) in [4.78, 5) is 0. The Morgan fingerprint density at radius 2 is 2.25 bits per heavy atom. The van der Waals surface area contributed by atoms with Gasteiger partial charge in [-0.3, -0.25) is 0 Å². The van der Waals surface area contributed by atoms with Crippen molar-refractivity contribution >= 4 is 17.3 Å². The smallest absolute Gasteiger partial charge is 0.138 e. The van der Waals surface area contributed by atoms with Gasteiger partial charge in [-0.2, -0.15) is 5.26 Å². The Kier molecular flexibility index (Phi) is 2.41. The molecule has 2 N–H and O–H groups in total. The van der Waals surface area contributed by atoms with Crippen LogP contribution >= 0.6 is 11.6 Å². The third-order valence-electron chi connectivity index (χ3n) is 1.44. The lowest BCUT2D eigenvalue weighted by Gasteiger charge is -2.04. The van der Waals surface area contributed by atoms with E-state index in [4.69, 9.17) is 27.3 Å². The van der Waals surface area contributed by atoms with Crippen LogP contribution in [0.3, 0.4) is 0 Å². The third-order valence-corrected chi connectivity index (χ3v) is 1.74. The molecular weight excluding hydrogens is 176 g/mol. The molecule has 1 aromatic carbocycles. The Labute approximate surface area is 75.3 Å². The van der Waals surface area contributed by atoms with Crippen LogP contribution in [0, 0.1) is 11.3 Å². The number of nitrogen functional groups attached to an aromatic ring is 1. The van der Waals surface area contributed by atoms with Gasteiger partial charge in [-0.1, -0.05) is 11.6 Å². The number of hydrogen-bond acceptors (Lipinski definition) is 3. The van der Waals surface area contributed by atoms with Crippen molar-refractivity contribution in [3.63, 3.8) is 0 Å². The van der Waals surface area contributed by atoms with Gasteiger partial charge in [0, 0.05) is 6.07 Å². The summed E-state index contributed by atoms with van der Waals surface area (Å²) in [7, 11) is 1.48. The third kappa shape index (κ3) is 1.44. The van der Waals surface area contributed by atoms with Crippen molar-refractivity contribution in [2.75, 3.05) is 12.8 Å². The lowest BCUT2D eigenvalue weighted by molar-refractivity contribution is 0.415. The molecule has 1 aromatic rings. The van der Waals surface area contributed by atoms with Crippen LogP contribution < -0.4 is 10.5 Å². The standard InChI is InChI=1S/C8H7ClN2O/c1-12-8-2-5(4-10)7(11)3-6(8)9/h2-3H,11H2,1H3. The lowest BCUT2D eigenvalue weighted by Crippen LogP contribution is -1.92. The zero-order chi connectivity index (χ0) is 9.14. The monoisotopic (exact) mass is 182 g/mol. The molecule has 4 heteroatoms. The number of halogens is 1. The Hall–Kier alpha value is -1.40. The number of anilines is 1. The Bertz CT molecular complexity index is 344. The van der Waals surface area contributed by atoms with E-state index in [0.29, 0.717) is 22.0 Å². The quantitative estimate of drug-likeness (QED) is 0.674. The van der Waals surface area contributed by atoms with Gasteiger partial charge in [0.15, 0.2) is 0 Å². The minimum absolute atomic E-state index is 0.364. The molecule has 12 heavy (non-hydrogen) atoms. The molecule has 0 aliphatic heterocycles. The SMILES string of the molecule is COc1cc(C#N)c(N)cc1Cl. The van der Waals surface area contributed by atoms with Gasteiger partial charge in [0.1, 0.15) is 11.8 Å². The molecule has 0 aromatic heterocycles. The van der Waals surface area contributed by atoms with E-state index in [1.807, 2.05) is 6.07 Å². The van der Waals surface area contributed by atoms with E-state index in [1.54, 1.807) is 0 Å². The Balaban J connectivity index is 3.30. The summed E-state index contributed by atoms with van der Waals surface area (Å²) in [6.07, 6.45) is 0. The molecule has 0 unspecified atom stereocenters. The van der Waals surface area contributed by atoms with E-state index in [-0.39, 0.29) is 0 Å². The highest BCUT2D eigenvalue weighted by Crippen LogP contribution is 2.28. The van der Waals surface area contributed by atoms with E-state index >= 15 is 0 Å². The van der Waals surface area contributed by atoms with Gasteiger partial charge in [0.2, 0.25) is 0 Å². The van der Waals surface area contributed by atoms with Gasteiger partial charge in [-0.05, 0) is 6.07 Å². The number of benzene rings is 1. The van der Waals surface area contributed by atoms with E-state index < -0.39 is 0 Å².